The molecule has 2 amide bonds. The zero-order valence-electron chi connectivity index (χ0n) is 15.8. The number of nitrogens with one attached hydrogen (secondary N) is 1. The van der Waals surface area contributed by atoms with Crippen molar-refractivity contribution in [1.29, 1.82) is 0 Å². The molecule has 1 saturated heterocycles. The van der Waals surface area contributed by atoms with E-state index in [0.717, 1.165) is 17.8 Å². The molecule has 1 N–H and O–H groups in total. The molecule has 1 fully saturated rings. The van der Waals surface area contributed by atoms with Gasteiger partial charge in [-0.2, -0.15) is 0 Å². The summed E-state index contributed by atoms with van der Waals surface area (Å²) in [7, 11) is 1.53. The van der Waals surface area contributed by atoms with Crippen LogP contribution in [0.2, 0.25) is 5.02 Å². The van der Waals surface area contributed by atoms with E-state index >= 15 is 0 Å². The van der Waals surface area contributed by atoms with Crippen molar-refractivity contribution in [3.8, 4) is 0 Å². The van der Waals surface area contributed by atoms with Crippen molar-refractivity contribution >= 4 is 23.4 Å². The summed E-state index contributed by atoms with van der Waals surface area (Å²) in [6.45, 7) is 1.77. The predicted octanol–water partition coefficient (Wildman–Crippen LogP) is 2.23. The Kier molecular flexibility index (Phi) is 5.12. The van der Waals surface area contributed by atoms with Gasteiger partial charge in [0.25, 0.3) is 5.91 Å². The minimum atomic E-state index is -0.492. The lowest BCUT2D eigenvalue weighted by Gasteiger charge is -2.50. The van der Waals surface area contributed by atoms with E-state index in [9.17, 15) is 9.59 Å². The van der Waals surface area contributed by atoms with Crippen LogP contribution in [-0.2, 0) is 21.5 Å². The van der Waals surface area contributed by atoms with Gasteiger partial charge in [0, 0.05) is 49.4 Å². The fourth-order valence-corrected chi connectivity index (χ4v) is 4.62. The number of likely N-dealkylation sites (tertiary alicyclic amines) is 1. The lowest BCUT2D eigenvalue weighted by molar-refractivity contribution is -0.145. The number of H-pyrrole nitrogens is 1. The molecule has 1 spiro atoms. The van der Waals surface area contributed by atoms with Gasteiger partial charge in [-0.25, -0.2) is 4.98 Å². The first-order chi connectivity index (χ1) is 13.5. The Balaban J connectivity index is 1.58. The van der Waals surface area contributed by atoms with Gasteiger partial charge in [0.05, 0.1) is 17.6 Å². The summed E-state index contributed by atoms with van der Waals surface area (Å²) in [5.74, 6) is -0.0732. The van der Waals surface area contributed by atoms with Crippen molar-refractivity contribution < 1.29 is 14.3 Å². The van der Waals surface area contributed by atoms with Crippen molar-refractivity contribution in [3.63, 3.8) is 0 Å². The maximum absolute atomic E-state index is 12.9. The molecule has 2 aliphatic heterocycles. The fraction of sp³-hybridized carbons (Fsp3) is 0.450. The smallest absolute Gasteiger partial charge is 0.253 e. The van der Waals surface area contributed by atoms with Crippen LogP contribution in [0.15, 0.2) is 30.6 Å². The standard InChI is InChI=1S/C20H23ClN4O3/c1-28-12-17(26)25-8-5-16-18(23-13-22-16)20(25)6-9-24(10-7-20)19(27)14-3-2-4-15(21)11-14/h2-4,11,13H,5-10,12H2,1H3,(H,22,23). The van der Waals surface area contributed by atoms with Crippen LogP contribution in [0, 0.1) is 0 Å². The molecule has 28 heavy (non-hydrogen) atoms. The van der Waals surface area contributed by atoms with Crippen LogP contribution < -0.4 is 0 Å². The van der Waals surface area contributed by atoms with Gasteiger partial charge >= 0.3 is 0 Å². The van der Waals surface area contributed by atoms with Gasteiger partial charge < -0.3 is 19.5 Å². The Labute approximate surface area is 168 Å². The number of halogens is 1. The highest BCUT2D eigenvalue weighted by Gasteiger charge is 2.49. The summed E-state index contributed by atoms with van der Waals surface area (Å²) >= 11 is 6.03. The third kappa shape index (κ3) is 3.18. The Morgan fingerprint density at radius 1 is 1.29 bits per heavy atom. The number of rotatable bonds is 3. The van der Waals surface area contributed by atoms with Gasteiger partial charge in [0.15, 0.2) is 0 Å². The maximum Gasteiger partial charge on any atom is 0.253 e. The van der Waals surface area contributed by atoms with Crippen LogP contribution in [0.3, 0.4) is 0 Å². The number of fused-ring (bicyclic) bond motifs is 2. The summed E-state index contributed by atoms with van der Waals surface area (Å²) in [6, 6.07) is 7.00. The second-order valence-corrected chi connectivity index (χ2v) is 7.73. The second-order valence-electron chi connectivity index (χ2n) is 7.29. The normalized spacial score (nSPS) is 18.2. The highest BCUT2D eigenvalue weighted by atomic mass is 35.5. The number of hydrogen-bond donors (Lipinski definition) is 1. The number of piperidine rings is 1. The highest BCUT2D eigenvalue weighted by Crippen LogP contribution is 2.42. The molecule has 1 aromatic heterocycles. The van der Waals surface area contributed by atoms with Crippen molar-refractivity contribution in [2.24, 2.45) is 0 Å². The zero-order chi connectivity index (χ0) is 19.7. The molecule has 4 rings (SSSR count). The first kappa shape index (κ1) is 19.0. The molecule has 0 aliphatic carbocycles. The van der Waals surface area contributed by atoms with Crippen LogP contribution >= 0.6 is 11.6 Å². The molecular formula is C20H23ClN4O3. The van der Waals surface area contributed by atoms with E-state index < -0.39 is 5.54 Å². The van der Waals surface area contributed by atoms with Crippen molar-refractivity contribution in [1.82, 2.24) is 19.8 Å². The molecule has 0 unspecified atom stereocenters. The molecule has 0 saturated carbocycles. The summed E-state index contributed by atoms with van der Waals surface area (Å²) < 4.78 is 5.09. The van der Waals surface area contributed by atoms with E-state index in [2.05, 4.69) is 9.97 Å². The fourth-order valence-electron chi connectivity index (χ4n) is 4.43. The summed E-state index contributed by atoms with van der Waals surface area (Å²) in [5, 5.41) is 0.545. The monoisotopic (exact) mass is 402 g/mol. The number of aromatic nitrogens is 2. The molecular weight excluding hydrogens is 380 g/mol. The largest absolute Gasteiger partial charge is 0.375 e. The molecule has 1 aromatic carbocycles. The predicted molar refractivity (Wildman–Crippen MR) is 104 cm³/mol. The van der Waals surface area contributed by atoms with Gasteiger partial charge in [-0.15, -0.1) is 0 Å². The van der Waals surface area contributed by atoms with E-state index in [1.807, 2.05) is 9.80 Å². The van der Waals surface area contributed by atoms with Crippen LogP contribution in [-0.4, -0.2) is 64.9 Å². The van der Waals surface area contributed by atoms with Gasteiger partial charge in [-0.3, -0.25) is 9.59 Å². The molecule has 3 heterocycles. The van der Waals surface area contributed by atoms with E-state index in [0.29, 0.717) is 43.1 Å². The molecule has 2 aromatic rings. The number of imidazole rings is 1. The van der Waals surface area contributed by atoms with E-state index in [1.54, 1.807) is 30.6 Å². The third-order valence-electron chi connectivity index (χ3n) is 5.78. The number of methoxy groups -OCH3 is 1. The van der Waals surface area contributed by atoms with Crippen molar-refractivity contribution in [3.05, 3.63) is 52.6 Å². The van der Waals surface area contributed by atoms with Crippen LogP contribution in [0.4, 0.5) is 0 Å². The Bertz CT molecular complexity index is 889. The number of carbonyl (C=O) groups is 2. The van der Waals surface area contributed by atoms with E-state index in [1.165, 1.54) is 7.11 Å². The Morgan fingerprint density at radius 3 is 2.79 bits per heavy atom. The quantitative estimate of drug-likeness (QED) is 0.853. The van der Waals surface area contributed by atoms with Crippen LogP contribution in [0.5, 0.6) is 0 Å². The SMILES string of the molecule is COCC(=O)N1CCc2[nH]cnc2C12CCN(C(=O)c1cccc(Cl)c1)CC2. The Hall–Kier alpha value is -2.38. The molecule has 148 valence electrons. The molecule has 7 nitrogen and oxygen atoms in total. The van der Waals surface area contributed by atoms with Gasteiger partial charge in [0.2, 0.25) is 5.91 Å². The lowest BCUT2D eigenvalue weighted by atomic mass is 9.78. The average Bonchev–Trinajstić information content (AvgIpc) is 3.18. The topological polar surface area (TPSA) is 78.5 Å². The highest BCUT2D eigenvalue weighted by molar-refractivity contribution is 6.30. The number of nitrogens with zero attached hydrogens (tertiary/aromatic N) is 3. The van der Waals surface area contributed by atoms with Gasteiger partial charge in [-0.05, 0) is 31.0 Å². The first-order valence-corrected chi connectivity index (χ1v) is 9.80. The van der Waals surface area contributed by atoms with Crippen LogP contribution in [0.1, 0.15) is 34.6 Å². The third-order valence-corrected chi connectivity index (χ3v) is 6.01. The van der Waals surface area contributed by atoms with Crippen molar-refractivity contribution in [2.75, 3.05) is 33.4 Å². The number of carbonyl (C=O) groups excluding carboxylic acids is 2. The number of amides is 2. The average molecular weight is 403 g/mol. The summed E-state index contributed by atoms with van der Waals surface area (Å²) in [4.78, 5) is 37.1. The first-order valence-electron chi connectivity index (χ1n) is 9.42. The molecule has 0 radical (unpaired) electrons. The number of ether oxygens (including phenoxy) is 1. The second kappa shape index (κ2) is 7.56. The minimum absolute atomic E-state index is 0.0363. The van der Waals surface area contributed by atoms with Crippen LogP contribution in [0.25, 0.3) is 0 Å². The zero-order valence-corrected chi connectivity index (χ0v) is 16.5. The van der Waals surface area contributed by atoms with E-state index in [4.69, 9.17) is 16.3 Å². The number of benzene rings is 1. The van der Waals surface area contributed by atoms with Crippen molar-refractivity contribution in [2.45, 2.75) is 24.8 Å². The molecule has 0 atom stereocenters. The van der Waals surface area contributed by atoms with E-state index in [-0.39, 0.29) is 18.4 Å². The molecule has 0 bridgehead atoms. The van der Waals surface area contributed by atoms with Gasteiger partial charge in [-0.1, -0.05) is 17.7 Å². The lowest BCUT2D eigenvalue weighted by Crippen LogP contribution is -2.59. The Morgan fingerprint density at radius 2 is 2.07 bits per heavy atom. The number of aromatic amines is 1. The summed E-state index contributed by atoms with van der Waals surface area (Å²) in [5.41, 5.74) is 2.10. The van der Waals surface area contributed by atoms with Gasteiger partial charge in [0.1, 0.15) is 6.61 Å². The maximum atomic E-state index is 12.9. The molecule has 8 heteroatoms. The summed E-state index contributed by atoms with van der Waals surface area (Å²) in [6.07, 6.45) is 3.73. The number of hydrogen-bond acceptors (Lipinski definition) is 4. The molecule has 2 aliphatic rings. The minimum Gasteiger partial charge on any atom is -0.375 e.